The lowest BCUT2D eigenvalue weighted by Crippen LogP contribution is -2.13. The Kier molecular flexibility index (Phi) is 4.04. The highest BCUT2D eigenvalue weighted by molar-refractivity contribution is 6.32. The first-order valence-corrected chi connectivity index (χ1v) is 6.41. The normalized spacial score (nSPS) is 15.7. The van der Waals surface area contributed by atoms with Crippen LogP contribution >= 0.6 is 11.6 Å². The number of carboxylic acid groups (broad SMARTS) is 1. The van der Waals surface area contributed by atoms with Gasteiger partial charge in [-0.3, -0.25) is 4.79 Å². The molecule has 1 atom stereocenters. The summed E-state index contributed by atoms with van der Waals surface area (Å²) in [7, 11) is 0. The van der Waals surface area contributed by atoms with E-state index in [0.717, 1.165) is 6.42 Å². The number of aromatic hydroxyl groups is 1. The number of carbonyl (C=O) groups is 1. The molecule has 1 aromatic rings. The number of phenols is 1. The van der Waals surface area contributed by atoms with Crippen LogP contribution in [-0.2, 0) is 11.2 Å². The zero-order valence-corrected chi connectivity index (χ0v) is 11.2. The Morgan fingerprint density at radius 3 is 2.84 bits per heavy atom. The summed E-state index contributed by atoms with van der Waals surface area (Å²) >= 11 is 5.93. The van der Waals surface area contributed by atoms with Crippen molar-refractivity contribution >= 4 is 17.6 Å². The van der Waals surface area contributed by atoms with Crippen molar-refractivity contribution in [3.05, 3.63) is 16.7 Å². The van der Waals surface area contributed by atoms with Gasteiger partial charge < -0.3 is 19.7 Å². The Balaban J connectivity index is 2.45. The van der Waals surface area contributed by atoms with Crippen molar-refractivity contribution in [2.45, 2.75) is 19.8 Å². The standard InChI is InChI=1S/C13H15ClO5/c1-7(13(16)17)5-8-11(15)9(14)6-10-12(8)19-4-2-3-18-10/h6-7,15H,2-5H2,1H3,(H,16,17). The van der Waals surface area contributed by atoms with Crippen LogP contribution in [0.25, 0.3) is 0 Å². The van der Waals surface area contributed by atoms with E-state index in [4.69, 9.17) is 26.2 Å². The number of rotatable bonds is 3. The molecule has 19 heavy (non-hydrogen) atoms. The molecule has 1 aliphatic heterocycles. The van der Waals surface area contributed by atoms with Crippen LogP contribution in [0.1, 0.15) is 18.9 Å². The molecule has 0 bridgehead atoms. The number of carboxylic acids is 1. The largest absolute Gasteiger partial charge is 0.506 e. The first-order valence-electron chi connectivity index (χ1n) is 6.03. The molecule has 0 spiro atoms. The number of phenolic OH excluding ortho intramolecular Hbond substituents is 1. The fraction of sp³-hybridized carbons (Fsp3) is 0.462. The van der Waals surface area contributed by atoms with Crippen molar-refractivity contribution in [1.29, 1.82) is 0 Å². The van der Waals surface area contributed by atoms with Gasteiger partial charge in [0.15, 0.2) is 11.5 Å². The summed E-state index contributed by atoms with van der Waals surface area (Å²) in [5, 5.41) is 19.1. The van der Waals surface area contributed by atoms with E-state index in [1.165, 1.54) is 6.07 Å². The van der Waals surface area contributed by atoms with Crippen LogP contribution in [0.5, 0.6) is 17.2 Å². The predicted octanol–water partition coefficient (Wildman–Crippen LogP) is 2.47. The van der Waals surface area contributed by atoms with Gasteiger partial charge in [0.2, 0.25) is 0 Å². The van der Waals surface area contributed by atoms with E-state index in [-0.39, 0.29) is 17.2 Å². The lowest BCUT2D eigenvalue weighted by atomic mass is 9.99. The number of hydrogen-bond donors (Lipinski definition) is 2. The van der Waals surface area contributed by atoms with E-state index in [2.05, 4.69) is 0 Å². The van der Waals surface area contributed by atoms with Gasteiger partial charge in [-0.15, -0.1) is 0 Å². The quantitative estimate of drug-likeness (QED) is 0.893. The fourth-order valence-electron chi connectivity index (χ4n) is 1.91. The molecule has 0 radical (unpaired) electrons. The predicted molar refractivity (Wildman–Crippen MR) is 69.2 cm³/mol. The van der Waals surface area contributed by atoms with Crippen molar-refractivity contribution in [2.75, 3.05) is 13.2 Å². The van der Waals surface area contributed by atoms with Crippen LogP contribution in [0, 0.1) is 5.92 Å². The molecular weight excluding hydrogens is 272 g/mol. The molecule has 0 saturated carbocycles. The third-order valence-electron chi connectivity index (χ3n) is 2.99. The average molecular weight is 287 g/mol. The summed E-state index contributed by atoms with van der Waals surface area (Å²) in [5.41, 5.74) is 0.388. The van der Waals surface area contributed by atoms with Crippen molar-refractivity contribution in [1.82, 2.24) is 0 Å². The van der Waals surface area contributed by atoms with Crippen molar-refractivity contribution in [2.24, 2.45) is 5.92 Å². The second-order valence-corrected chi connectivity index (χ2v) is 4.91. The molecule has 2 N–H and O–H groups in total. The van der Waals surface area contributed by atoms with Crippen molar-refractivity contribution < 1.29 is 24.5 Å². The van der Waals surface area contributed by atoms with Gasteiger partial charge in [-0.2, -0.15) is 0 Å². The molecular formula is C13H15ClO5. The van der Waals surface area contributed by atoms with E-state index in [9.17, 15) is 9.90 Å². The maximum atomic E-state index is 10.9. The minimum absolute atomic E-state index is 0.132. The van der Waals surface area contributed by atoms with E-state index in [1.54, 1.807) is 6.92 Å². The number of halogens is 1. The van der Waals surface area contributed by atoms with Gasteiger partial charge in [-0.1, -0.05) is 18.5 Å². The monoisotopic (exact) mass is 286 g/mol. The average Bonchev–Trinajstić information content (AvgIpc) is 2.59. The summed E-state index contributed by atoms with van der Waals surface area (Å²) < 4.78 is 11.1. The Bertz CT molecular complexity index is 500. The van der Waals surface area contributed by atoms with E-state index >= 15 is 0 Å². The molecule has 1 unspecified atom stereocenters. The molecule has 1 heterocycles. The molecule has 0 saturated heterocycles. The molecule has 0 amide bonds. The summed E-state index contributed by atoms with van der Waals surface area (Å²) in [6, 6.07) is 1.49. The third-order valence-corrected chi connectivity index (χ3v) is 3.28. The molecule has 1 aromatic carbocycles. The maximum absolute atomic E-state index is 10.9. The number of benzene rings is 1. The zero-order valence-electron chi connectivity index (χ0n) is 10.5. The van der Waals surface area contributed by atoms with Gasteiger partial charge in [-0.05, 0) is 6.42 Å². The minimum Gasteiger partial charge on any atom is -0.506 e. The van der Waals surface area contributed by atoms with Gasteiger partial charge in [-0.25, -0.2) is 0 Å². The Morgan fingerprint density at radius 2 is 2.16 bits per heavy atom. The highest BCUT2D eigenvalue weighted by Crippen LogP contribution is 2.44. The highest BCUT2D eigenvalue weighted by atomic mass is 35.5. The number of ether oxygens (including phenoxy) is 2. The molecule has 5 nitrogen and oxygen atoms in total. The van der Waals surface area contributed by atoms with Crippen LogP contribution in [0.15, 0.2) is 6.07 Å². The molecule has 1 aliphatic rings. The van der Waals surface area contributed by atoms with Crippen molar-refractivity contribution in [3.63, 3.8) is 0 Å². The second kappa shape index (κ2) is 5.57. The number of aliphatic carboxylic acids is 1. The van der Waals surface area contributed by atoms with Crippen LogP contribution in [0.2, 0.25) is 5.02 Å². The first-order chi connectivity index (χ1) is 9.00. The minimum atomic E-state index is -0.942. The SMILES string of the molecule is CC(Cc1c(O)c(Cl)cc2c1OCCCO2)C(=O)O. The van der Waals surface area contributed by atoms with Gasteiger partial charge in [0.05, 0.1) is 24.2 Å². The summed E-state index contributed by atoms with van der Waals surface area (Å²) in [6.45, 7) is 2.52. The summed E-state index contributed by atoms with van der Waals surface area (Å²) in [5.74, 6) is -0.887. The maximum Gasteiger partial charge on any atom is 0.306 e. The topological polar surface area (TPSA) is 76.0 Å². The first kappa shape index (κ1) is 13.8. The van der Waals surface area contributed by atoms with Gasteiger partial charge in [0, 0.05) is 18.1 Å². The van der Waals surface area contributed by atoms with Crippen LogP contribution in [0.3, 0.4) is 0 Å². The number of fused-ring (bicyclic) bond motifs is 1. The summed E-state index contributed by atoms with van der Waals surface area (Å²) in [6.07, 6.45) is 0.856. The Labute approximate surface area is 115 Å². The molecule has 2 rings (SSSR count). The van der Waals surface area contributed by atoms with Gasteiger partial charge >= 0.3 is 5.97 Å². The number of hydrogen-bond acceptors (Lipinski definition) is 4. The van der Waals surface area contributed by atoms with Crippen LogP contribution < -0.4 is 9.47 Å². The molecule has 6 heteroatoms. The van der Waals surface area contributed by atoms with E-state index in [1.807, 2.05) is 0 Å². The highest BCUT2D eigenvalue weighted by Gasteiger charge is 2.24. The molecule has 0 aliphatic carbocycles. The smallest absolute Gasteiger partial charge is 0.306 e. The molecule has 0 aromatic heterocycles. The second-order valence-electron chi connectivity index (χ2n) is 4.51. The molecule has 0 fully saturated rings. The Morgan fingerprint density at radius 1 is 1.47 bits per heavy atom. The molecule has 104 valence electrons. The Hall–Kier alpha value is -1.62. The van der Waals surface area contributed by atoms with Crippen LogP contribution in [0.4, 0.5) is 0 Å². The summed E-state index contributed by atoms with van der Waals surface area (Å²) in [4.78, 5) is 10.9. The van der Waals surface area contributed by atoms with Gasteiger partial charge in [0.25, 0.3) is 0 Å². The van der Waals surface area contributed by atoms with E-state index in [0.29, 0.717) is 30.3 Å². The third kappa shape index (κ3) is 2.87. The van der Waals surface area contributed by atoms with E-state index < -0.39 is 11.9 Å². The van der Waals surface area contributed by atoms with Crippen molar-refractivity contribution in [3.8, 4) is 17.2 Å². The van der Waals surface area contributed by atoms with Gasteiger partial charge in [0.1, 0.15) is 5.75 Å². The zero-order chi connectivity index (χ0) is 14.0. The lowest BCUT2D eigenvalue weighted by Gasteiger charge is -2.16. The van der Waals surface area contributed by atoms with Crippen LogP contribution in [-0.4, -0.2) is 29.4 Å². The fourth-order valence-corrected chi connectivity index (χ4v) is 2.13. The lowest BCUT2D eigenvalue weighted by molar-refractivity contribution is -0.141.